The van der Waals surface area contributed by atoms with Gasteiger partial charge in [-0.15, -0.1) is 0 Å². The van der Waals surface area contributed by atoms with Crippen molar-refractivity contribution in [1.29, 1.82) is 0 Å². The number of halogens is 3. The average Bonchev–Trinajstić information content (AvgIpc) is 3.10. The van der Waals surface area contributed by atoms with Gasteiger partial charge in [0.2, 0.25) is 0 Å². The smallest absolute Gasteiger partial charge is 0.348 e. The van der Waals surface area contributed by atoms with Crippen LogP contribution >= 0.6 is 0 Å². The van der Waals surface area contributed by atoms with Crippen molar-refractivity contribution in [2.75, 3.05) is 13.1 Å². The molecule has 1 N–H and O–H groups in total. The number of aromatic nitrogens is 3. The molecule has 3 aromatic rings. The molecule has 2 aromatic heterocycles. The van der Waals surface area contributed by atoms with Crippen molar-refractivity contribution in [3.8, 4) is 0 Å². The fraction of sp³-hybridized carbons (Fsp3) is 0.381. The first-order valence-electron chi connectivity index (χ1n) is 9.75. The van der Waals surface area contributed by atoms with Crippen LogP contribution in [0.3, 0.4) is 0 Å². The number of fused-ring (bicyclic) bond motifs is 2. The number of carbonyl (C=O) groups excluding carboxylic acids is 1. The second-order valence-electron chi connectivity index (χ2n) is 7.70. The molecule has 0 aliphatic carbocycles. The number of benzene rings is 1. The second kappa shape index (κ2) is 7.71. The molecule has 30 heavy (non-hydrogen) atoms. The van der Waals surface area contributed by atoms with Gasteiger partial charge in [0, 0.05) is 31.4 Å². The van der Waals surface area contributed by atoms with Crippen LogP contribution in [-0.2, 0) is 19.1 Å². The largest absolute Gasteiger partial charge is 0.433 e. The van der Waals surface area contributed by atoms with Gasteiger partial charge in [0.25, 0.3) is 5.91 Å². The zero-order chi connectivity index (χ0) is 21.5. The Morgan fingerprint density at radius 3 is 2.73 bits per heavy atom. The van der Waals surface area contributed by atoms with Crippen LogP contribution in [0.15, 0.2) is 36.5 Å². The van der Waals surface area contributed by atoms with Gasteiger partial charge < -0.3 is 5.32 Å². The molecular formula is C21H22F3N5O. The van der Waals surface area contributed by atoms with Gasteiger partial charge >= 0.3 is 6.18 Å². The third kappa shape index (κ3) is 4.02. The Morgan fingerprint density at radius 1 is 1.27 bits per heavy atom. The quantitative estimate of drug-likeness (QED) is 0.708. The van der Waals surface area contributed by atoms with Crippen LogP contribution in [0.2, 0.25) is 0 Å². The molecule has 6 nitrogen and oxygen atoms in total. The fourth-order valence-electron chi connectivity index (χ4n) is 3.89. The van der Waals surface area contributed by atoms with Crippen LogP contribution in [0.5, 0.6) is 0 Å². The number of nitrogens with zero attached hydrogens (tertiary/aromatic N) is 4. The first-order chi connectivity index (χ1) is 14.2. The second-order valence-corrected chi connectivity index (χ2v) is 7.70. The molecule has 0 unspecified atom stereocenters. The minimum absolute atomic E-state index is 0.0278. The summed E-state index contributed by atoms with van der Waals surface area (Å²) in [6, 6.07) is 9.02. The van der Waals surface area contributed by atoms with Gasteiger partial charge in [-0.2, -0.15) is 18.3 Å². The van der Waals surface area contributed by atoms with Crippen molar-refractivity contribution < 1.29 is 18.0 Å². The summed E-state index contributed by atoms with van der Waals surface area (Å²) < 4.78 is 40.5. The van der Waals surface area contributed by atoms with Crippen LogP contribution in [-0.4, -0.2) is 44.5 Å². The number of carbonyl (C=O) groups is 1. The molecule has 158 valence electrons. The molecule has 1 amide bonds. The molecule has 3 heterocycles. The van der Waals surface area contributed by atoms with Crippen molar-refractivity contribution in [2.24, 2.45) is 0 Å². The van der Waals surface area contributed by atoms with Gasteiger partial charge in [-0.05, 0) is 37.5 Å². The molecule has 0 spiro atoms. The van der Waals surface area contributed by atoms with E-state index in [9.17, 15) is 18.0 Å². The number of nitrogens with one attached hydrogen (secondary N) is 1. The van der Waals surface area contributed by atoms with E-state index in [-0.39, 0.29) is 22.9 Å². The van der Waals surface area contributed by atoms with E-state index in [1.807, 2.05) is 19.1 Å². The van der Waals surface area contributed by atoms with E-state index in [1.54, 1.807) is 0 Å². The lowest BCUT2D eigenvalue weighted by Crippen LogP contribution is -2.43. The van der Waals surface area contributed by atoms with E-state index in [4.69, 9.17) is 0 Å². The Labute approximate surface area is 171 Å². The van der Waals surface area contributed by atoms with Gasteiger partial charge in [-0.1, -0.05) is 24.3 Å². The number of rotatable bonds is 4. The van der Waals surface area contributed by atoms with Crippen LogP contribution in [0.1, 0.15) is 39.8 Å². The summed E-state index contributed by atoms with van der Waals surface area (Å²) in [4.78, 5) is 19.1. The Hall–Kier alpha value is -2.94. The van der Waals surface area contributed by atoms with Crippen LogP contribution in [0, 0.1) is 6.92 Å². The predicted octanol–water partition coefficient (Wildman–Crippen LogP) is 3.23. The Morgan fingerprint density at radius 2 is 2.00 bits per heavy atom. The standard InChI is InChI=1S/C21H22F3N5O/c1-13-9-18(21(22,23)24)29-19(26-13)17(10-25-29)20(30)27-14(2)11-28-8-7-15-5-3-4-6-16(15)12-28/h3-6,9-10,14H,7-8,11-12H2,1-2H3,(H,27,30)/t14-/m0/s1. The summed E-state index contributed by atoms with van der Waals surface area (Å²) in [6.45, 7) is 5.68. The maximum absolute atomic E-state index is 13.3. The molecule has 0 fully saturated rings. The Bertz CT molecular complexity index is 1090. The van der Waals surface area contributed by atoms with Gasteiger partial charge in [-0.3, -0.25) is 9.69 Å². The third-order valence-corrected chi connectivity index (χ3v) is 5.25. The summed E-state index contributed by atoms with van der Waals surface area (Å²) in [5.74, 6) is -0.485. The Kier molecular flexibility index (Phi) is 5.23. The normalized spacial score (nSPS) is 15.8. The van der Waals surface area contributed by atoms with E-state index in [0.29, 0.717) is 11.1 Å². The van der Waals surface area contributed by atoms with Crippen molar-refractivity contribution >= 4 is 11.6 Å². The molecule has 1 aliphatic rings. The van der Waals surface area contributed by atoms with E-state index in [0.717, 1.165) is 31.8 Å². The summed E-state index contributed by atoms with van der Waals surface area (Å²) in [7, 11) is 0. The van der Waals surface area contributed by atoms with Gasteiger partial charge in [0.1, 0.15) is 11.3 Å². The highest BCUT2D eigenvalue weighted by atomic mass is 19.4. The monoisotopic (exact) mass is 417 g/mol. The molecule has 0 saturated carbocycles. The average molecular weight is 417 g/mol. The summed E-state index contributed by atoms with van der Waals surface area (Å²) in [5.41, 5.74) is 1.77. The van der Waals surface area contributed by atoms with E-state index < -0.39 is 17.8 Å². The first kappa shape index (κ1) is 20.3. The van der Waals surface area contributed by atoms with Crippen LogP contribution in [0.25, 0.3) is 5.65 Å². The highest BCUT2D eigenvalue weighted by Gasteiger charge is 2.35. The molecule has 1 atom stereocenters. The number of amides is 1. The van der Waals surface area contributed by atoms with Gasteiger partial charge in [0.05, 0.1) is 6.20 Å². The minimum atomic E-state index is -4.59. The van der Waals surface area contributed by atoms with Crippen molar-refractivity contribution in [3.05, 3.63) is 64.6 Å². The molecule has 4 rings (SSSR count). The van der Waals surface area contributed by atoms with Crippen LogP contribution in [0.4, 0.5) is 13.2 Å². The lowest BCUT2D eigenvalue weighted by Gasteiger charge is -2.31. The van der Waals surface area contributed by atoms with Gasteiger partial charge in [0.15, 0.2) is 5.65 Å². The molecule has 1 aromatic carbocycles. The molecule has 9 heteroatoms. The molecule has 0 radical (unpaired) electrons. The molecule has 0 bridgehead atoms. The predicted molar refractivity (Wildman–Crippen MR) is 105 cm³/mol. The number of hydrogen-bond acceptors (Lipinski definition) is 4. The first-order valence-corrected chi connectivity index (χ1v) is 9.75. The summed E-state index contributed by atoms with van der Waals surface area (Å²) in [6.07, 6.45) is -2.51. The van der Waals surface area contributed by atoms with Crippen LogP contribution < -0.4 is 5.32 Å². The van der Waals surface area contributed by atoms with Gasteiger partial charge in [-0.25, -0.2) is 9.50 Å². The third-order valence-electron chi connectivity index (χ3n) is 5.25. The number of hydrogen-bond donors (Lipinski definition) is 1. The molecular weight excluding hydrogens is 395 g/mol. The molecule has 1 aliphatic heterocycles. The summed E-state index contributed by atoms with van der Waals surface area (Å²) in [5, 5.41) is 6.63. The van der Waals surface area contributed by atoms with Crippen molar-refractivity contribution in [3.63, 3.8) is 0 Å². The van der Waals surface area contributed by atoms with E-state index in [2.05, 4.69) is 32.4 Å². The maximum Gasteiger partial charge on any atom is 0.433 e. The fourth-order valence-corrected chi connectivity index (χ4v) is 3.89. The summed E-state index contributed by atoms with van der Waals surface area (Å²) >= 11 is 0. The van der Waals surface area contributed by atoms with E-state index >= 15 is 0 Å². The Balaban J connectivity index is 1.48. The topological polar surface area (TPSA) is 62.5 Å². The SMILES string of the molecule is Cc1cc(C(F)(F)F)n2ncc(C(=O)N[C@@H](C)CN3CCc4ccccc4C3)c2n1. The van der Waals surface area contributed by atoms with Crippen molar-refractivity contribution in [1.82, 2.24) is 24.8 Å². The lowest BCUT2D eigenvalue weighted by molar-refractivity contribution is -0.142. The highest BCUT2D eigenvalue weighted by molar-refractivity contribution is 5.99. The lowest BCUT2D eigenvalue weighted by atomic mass is 10.00. The van der Waals surface area contributed by atoms with Crippen molar-refractivity contribution in [2.45, 2.75) is 39.0 Å². The van der Waals surface area contributed by atoms with E-state index in [1.165, 1.54) is 18.1 Å². The number of alkyl halides is 3. The maximum atomic E-state index is 13.3. The zero-order valence-corrected chi connectivity index (χ0v) is 16.7. The molecule has 0 saturated heterocycles. The zero-order valence-electron chi connectivity index (χ0n) is 16.7. The number of aryl methyl sites for hydroxylation is 1. The highest BCUT2D eigenvalue weighted by Crippen LogP contribution is 2.30. The minimum Gasteiger partial charge on any atom is -0.348 e.